The molecule has 4 heteroatoms. The van der Waals surface area contributed by atoms with E-state index in [9.17, 15) is 15.0 Å². The number of rotatable bonds is 43. The smallest absolute Gasteiger partial charge is 0.220 e. The fourth-order valence-corrected chi connectivity index (χ4v) is 6.58. The van der Waals surface area contributed by atoms with E-state index in [0.29, 0.717) is 6.42 Å². The van der Waals surface area contributed by atoms with Gasteiger partial charge >= 0.3 is 0 Å². The predicted molar refractivity (Wildman–Crippen MR) is 271 cm³/mol. The minimum atomic E-state index is -0.866. The van der Waals surface area contributed by atoms with E-state index in [4.69, 9.17) is 0 Å². The molecule has 0 aliphatic rings. The number of hydrogen-bond donors (Lipinski definition) is 3. The molecule has 0 rings (SSSR count). The van der Waals surface area contributed by atoms with E-state index in [2.05, 4.69) is 141 Å². The number of carbonyl (C=O) groups is 1. The number of hydrogen-bond acceptors (Lipinski definition) is 3. The standard InChI is InChI=1S/C57H93NO3/c1-3-5-7-9-11-13-14-15-16-17-18-19-20-21-22-23-24-25-26-27-28-29-30-31-32-33-34-35-36-37-38-39-40-41-42-43-44-45-47-49-51-53-57(61)58-55(54-59)56(60)52-50-48-46-12-10-8-6-4-2/h5,7,10-13,15-16,18-19,21-22,24-25,27-28,30-31,33-34,50,52,55-56,59-60H,3-4,6,8-9,14,17,20,23,26,29,32,35-49,51,53-54H2,1-2H3,(H,58,61)/b7-5-,12-10+,13-11-,16-15-,19-18-,22-21-,25-24-,28-27-,31-30-,34-33-,52-50+. The molecular formula is C57H93NO3. The Hall–Kier alpha value is -3.47. The van der Waals surface area contributed by atoms with E-state index in [1.165, 1.54) is 89.9 Å². The first-order valence-corrected chi connectivity index (χ1v) is 24.9. The second-order valence-corrected chi connectivity index (χ2v) is 16.1. The number of allylic oxidation sites excluding steroid dienone is 21. The van der Waals surface area contributed by atoms with Gasteiger partial charge in [0.15, 0.2) is 0 Å². The molecule has 2 atom stereocenters. The van der Waals surface area contributed by atoms with Crippen LogP contribution < -0.4 is 5.32 Å². The number of aliphatic hydroxyl groups excluding tert-OH is 2. The van der Waals surface area contributed by atoms with Gasteiger partial charge in [0.2, 0.25) is 5.91 Å². The van der Waals surface area contributed by atoms with Crippen LogP contribution >= 0.6 is 0 Å². The van der Waals surface area contributed by atoms with Gasteiger partial charge in [0.05, 0.1) is 18.8 Å². The molecule has 0 radical (unpaired) electrons. The summed E-state index contributed by atoms with van der Waals surface area (Å²) in [5, 5.41) is 22.8. The van der Waals surface area contributed by atoms with Crippen LogP contribution in [0.4, 0.5) is 0 Å². The van der Waals surface area contributed by atoms with Gasteiger partial charge in [0, 0.05) is 6.42 Å². The lowest BCUT2D eigenvalue weighted by atomic mass is 10.0. The highest BCUT2D eigenvalue weighted by Crippen LogP contribution is 2.14. The molecule has 1 amide bonds. The Morgan fingerprint density at radius 3 is 1.15 bits per heavy atom. The molecule has 4 nitrogen and oxygen atoms in total. The van der Waals surface area contributed by atoms with Gasteiger partial charge in [0.1, 0.15) is 0 Å². The van der Waals surface area contributed by atoms with Gasteiger partial charge in [-0.3, -0.25) is 4.79 Å². The summed E-state index contributed by atoms with van der Waals surface area (Å²) in [6.07, 6.45) is 80.3. The van der Waals surface area contributed by atoms with Crippen LogP contribution in [0.3, 0.4) is 0 Å². The molecule has 0 spiro atoms. The summed E-state index contributed by atoms with van der Waals surface area (Å²) >= 11 is 0. The van der Waals surface area contributed by atoms with Crippen LogP contribution in [0.5, 0.6) is 0 Å². The second kappa shape index (κ2) is 50.9. The first-order chi connectivity index (χ1) is 30.2. The van der Waals surface area contributed by atoms with Crippen molar-refractivity contribution in [3.8, 4) is 0 Å². The summed E-state index contributed by atoms with van der Waals surface area (Å²) in [5.74, 6) is -0.0852. The van der Waals surface area contributed by atoms with Gasteiger partial charge in [-0.25, -0.2) is 0 Å². The highest BCUT2D eigenvalue weighted by molar-refractivity contribution is 5.76. The van der Waals surface area contributed by atoms with Crippen LogP contribution in [0, 0.1) is 0 Å². The van der Waals surface area contributed by atoms with Crippen molar-refractivity contribution >= 4 is 5.91 Å². The highest BCUT2D eigenvalue weighted by Gasteiger charge is 2.17. The Morgan fingerprint density at radius 1 is 0.410 bits per heavy atom. The van der Waals surface area contributed by atoms with Crippen molar-refractivity contribution < 1.29 is 15.0 Å². The summed E-state index contributed by atoms with van der Waals surface area (Å²) in [7, 11) is 0. The number of nitrogens with one attached hydrogen (secondary N) is 1. The largest absolute Gasteiger partial charge is 0.394 e. The van der Waals surface area contributed by atoms with Crippen molar-refractivity contribution in [3.63, 3.8) is 0 Å². The summed E-state index contributed by atoms with van der Waals surface area (Å²) in [4.78, 5) is 12.3. The Labute approximate surface area is 377 Å². The van der Waals surface area contributed by atoms with Gasteiger partial charge in [-0.15, -0.1) is 0 Å². The molecule has 0 aromatic rings. The molecule has 61 heavy (non-hydrogen) atoms. The number of unbranched alkanes of at least 4 members (excludes halogenated alkanes) is 16. The van der Waals surface area contributed by atoms with E-state index in [-0.39, 0.29) is 12.5 Å². The van der Waals surface area contributed by atoms with E-state index < -0.39 is 12.1 Å². The average molecular weight is 840 g/mol. The first kappa shape index (κ1) is 57.5. The molecule has 0 heterocycles. The molecular weight excluding hydrogens is 747 g/mol. The molecule has 0 saturated heterocycles. The molecule has 0 aliphatic heterocycles. The number of aliphatic hydroxyl groups is 2. The molecule has 0 saturated carbocycles. The molecule has 0 bridgehead atoms. The zero-order valence-corrected chi connectivity index (χ0v) is 39.4. The van der Waals surface area contributed by atoms with Crippen molar-refractivity contribution in [3.05, 3.63) is 134 Å². The van der Waals surface area contributed by atoms with E-state index in [1.807, 2.05) is 6.08 Å². The SMILES string of the molecule is CC/C=C\C/C=C\C/C=C\C/C=C\C/C=C\C/C=C\C/C=C\C/C=C\C/C=C\CCCCCCCCCCCCCCCC(=O)NC(CO)C(O)/C=C/CC/C=C/CCCC. The van der Waals surface area contributed by atoms with Crippen LogP contribution in [0.1, 0.15) is 200 Å². The lowest BCUT2D eigenvalue weighted by Crippen LogP contribution is -2.45. The quantitative estimate of drug-likeness (QED) is 0.0423. The predicted octanol–water partition coefficient (Wildman–Crippen LogP) is 16.3. The Kier molecular flexibility index (Phi) is 48.0. The van der Waals surface area contributed by atoms with Crippen molar-refractivity contribution in [2.45, 2.75) is 212 Å². The monoisotopic (exact) mass is 840 g/mol. The van der Waals surface area contributed by atoms with Gasteiger partial charge < -0.3 is 15.5 Å². The third-order valence-electron chi connectivity index (χ3n) is 10.4. The Balaban J connectivity index is 3.56. The maximum atomic E-state index is 12.3. The number of carbonyl (C=O) groups excluding carboxylic acids is 1. The van der Waals surface area contributed by atoms with Crippen LogP contribution in [0.25, 0.3) is 0 Å². The maximum Gasteiger partial charge on any atom is 0.220 e. The normalized spacial score (nSPS) is 14.1. The summed E-state index contributed by atoms with van der Waals surface area (Å²) < 4.78 is 0. The van der Waals surface area contributed by atoms with Crippen molar-refractivity contribution in [1.29, 1.82) is 0 Å². The van der Waals surface area contributed by atoms with E-state index in [0.717, 1.165) is 89.9 Å². The highest BCUT2D eigenvalue weighted by atomic mass is 16.3. The van der Waals surface area contributed by atoms with Crippen molar-refractivity contribution in [2.24, 2.45) is 0 Å². The molecule has 344 valence electrons. The topological polar surface area (TPSA) is 69.6 Å². The van der Waals surface area contributed by atoms with Gasteiger partial charge in [0.25, 0.3) is 0 Å². The molecule has 0 fully saturated rings. The van der Waals surface area contributed by atoms with Gasteiger partial charge in [-0.2, -0.15) is 0 Å². The minimum Gasteiger partial charge on any atom is -0.394 e. The summed E-state index contributed by atoms with van der Waals surface area (Å²) in [6, 6.07) is -0.644. The van der Waals surface area contributed by atoms with Crippen molar-refractivity contribution in [2.75, 3.05) is 6.61 Å². The second-order valence-electron chi connectivity index (χ2n) is 16.1. The zero-order chi connectivity index (χ0) is 44.2. The third kappa shape index (κ3) is 47.4. The van der Waals surface area contributed by atoms with Crippen LogP contribution in [-0.4, -0.2) is 34.9 Å². The Bertz CT molecular complexity index is 1270. The van der Waals surface area contributed by atoms with Crippen LogP contribution in [0.2, 0.25) is 0 Å². The molecule has 0 aromatic carbocycles. The van der Waals surface area contributed by atoms with Gasteiger partial charge in [-0.05, 0) is 96.3 Å². The molecule has 2 unspecified atom stereocenters. The number of amides is 1. The third-order valence-corrected chi connectivity index (χ3v) is 10.4. The van der Waals surface area contributed by atoms with Crippen molar-refractivity contribution in [1.82, 2.24) is 5.32 Å². The molecule has 0 aromatic heterocycles. The summed E-state index contributed by atoms with van der Waals surface area (Å²) in [6.45, 7) is 4.09. The van der Waals surface area contributed by atoms with E-state index in [1.54, 1.807) is 6.08 Å². The maximum absolute atomic E-state index is 12.3. The summed E-state index contributed by atoms with van der Waals surface area (Å²) in [5.41, 5.74) is 0. The minimum absolute atomic E-state index is 0.0852. The zero-order valence-electron chi connectivity index (χ0n) is 39.4. The van der Waals surface area contributed by atoms with Gasteiger partial charge in [-0.1, -0.05) is 231 Å². The fraction of sp³-hybridized carbons (Fsp3) is 0.596. The molecule has 3 N–H and O–H groups in total. The lowest BCUT2D eigenvalue weighted by molar-refractivity contribution is -0.123. The average Bonchev–Trinajstić information content (AvgIpc) is 3.26. The van der Waals surface area contributed by atoms with Crippen LogP contribution in [-0.2, 0) is 4.79 Å². The lowest BCUT2D eigenvalue weighted by Gasteiger charge is -2.19. The Morgan fingerprint density at radius 2 is 0.738 bits per heavy atom. The van der Waals surface area contributed by atoms with E-state index >= 15 is 0 Å². The first-order valence-electron chi connectivity index (χ1n) is 24.9. The van der Waals surface area contributed by atoms with Crippen LogP contribution in [0.15, 0.2) is 134 Å². The fourth-order valence-electron chi connectivity index (χ4n) is 6.58. The molecule has 0 aliphatic carbocycles.